The highest BCUT2D eigenvalue weighted by atomic mass is 31.2. The molecule has 0 aromatic heterocycles. The summed E-state index contributed by atoms with van der Waals surface area (Å²) in [6.45, 7) is 1.23. The molecule has 4 rings (SSSR count). The van der Waals surface area contributed by atoms with Crippen LogP contribution in [-0.4, -0.2) is 29.9 Å². The van der Waals surface area contributed by atoms with Gasteiger partial charge in [0, 0.05) is 12.2 Å². The summed E-state index contributed by atoms with van der Waals surface area (Å²) >= 11 is 0. The van der Waals surface area contributed by atoms with E-state index in [4.69, 9.17) is 9.47 Å². The van der Waals surface area contributed by atoms with Crippen molar-refractivity contribution >= 4 is 7.37 Å². The van der Waals surface area contributed by atoms with E-state index in [0.717, 1.165) is 29.5 Å². The third-order valence-electron chi connectivity index (χ3n) is 5.68. The fourth-order valence-corrected chi connectivity index (χ4v) is 4.96. The van der Waals surface area contributed by atoms with Crippen molar-refractivity contribution in [3.8, 4) is 22.6 Å². The van der Waals surface area contributed by atoms with Crippen LogP contribution in [0.5, 0.6) is 11.5 Å². The minimum absolute atomic E-state index is 0.156. The normalized spacial score (nSPS) is 18.0. The van der Waals surface area contributed by atoms with Crippen LogP contribution in [-0.2, 0) is 11.0 Å². The smallest absolute Gasteiger partial charge is 0.200 e. The number of hydrogen-bond acceptors (Lipinski definition) is 4. The van der Waals surface area contributed by atoms with Gasteiger partial charge in [0.15, 0.2) is 0 Å². The fraction of sp³-hybridized carbons (Fsp3) is 0.280. The number of rotatable bonds is 7. The molecule has 7 heteroatoms. The van der Waals surface area contributed by atoms with Crippen molar-refractivity contribution in [2.45, 2.75) is 25.0 Å². The van der Waals surface area contributed by atoms with Gasteiger partial charge in [-0.15, -0.1) is 0 Å². The average Bonchev–Trinajstić information content (AvgIpc) is 3.15. The summed E-state index contributed by atoms with van der Waals surface area (Å²) in [5.41, 5.74) is 3.99. The molecule has 3 atom stereocenters. The predicted octanol–water partition coefficient (Wildman–Crippen LogP) is 5.50. The second-order valence-corrected chi connectivity index (χ2v) is 10.7. The Balaban J connectivity index is 1.54. The first-order valence-electron chi connectivity index (χ1n) is 10.4. The molecule has 5 nitrogen and oxygen atoms in total. The Bertz CT molecular complexity index is 1170. The number of fused-ring (bicyclic) bond motifs is 1. The molecule has 0 aliphatic heterocycles. The second-order valence-electron chi connectivity index (χ2n) is 8.23. The van der Waals surface area contributed by atoms with Crippen molar-refractivity contribution in [3.05, 3.63) is 83.2 Å². The molecule has 0 amide bonds. The predicted molar refractivity (Wildman–Crippen MR) is 122 cm³/mol. The van der Waals surface area contributed by atoms with Crippen molar-refractivity contribution in [3.63, 3.8) is 0 Å². The maximum absolute atomic E-state index is 14.4. The second kappa shape index (κ2) is 9.07. The van der Waals surface area contributed by atoms with Crippen molar-refractivity contribution in [1.82, 2.24) is 0 Å². The Labute approximate surface area is 186 Å². The van der Waals surface area contributed by atoms with Crippen LogP contribution in [0.1, 0.15) is 35.3 Å². The van der Waals surface area contributed by atoms with Crippen LogP contribution in [0.15, 0.2) is 60.7 Å². The molecule has 0 heterocycles. The van der Waals surface area contributed by atoms with Gasteiger partial charge in [0.05, 0.1) is 19.4 Å². The van der Waals surface area contributed by atoms with Crippen LogP contribution >= 0.6 is 7.37 Å². The van der Waals surface area contributed by atoms with Gasteiger partial charge in [-0.3, -0.25) is 4.57 Å². The zero-order chi connectivity index (χ0) is 22.9. The van der Waals surface area contributed by atoms with Gasteiger partial charge in [-0.2, -0.15) is 0 Å². The zero-order valence-electron chi connectivity index (χ0n) is 18.0. The summed E-state index contributed by atoms with van der Waals surface area (Å²) in [7, 11) is -1.78. The molecule has 0 fully saturated rings. The Kier molecular flexibility index (Phi) is 6.38. The lowest BCUT2D eigenvalue weighted by atomic mass is 9.99. The summed E-state index contributed by atoms with van der Waals surface area (Å²) in [5, 5.41) is 10.3. The summed E-state index contributed by atoms with van der Waals surface area (Å²) < 4.78 is 37.4. The number of aliphatic hydroxyl groups excluding tert-OH is 1. The number of ether oxygens (including phenoxy) is 2. The molecule has 32 heavy (non-hydrogen) atoms. The highest BCUT2D eigenvalue weighted by molar-refractivity contribution is 7.57. The van der Waals surface area contributed by atoms with E-state index in [1.54, 1.807) is 43.5 Å². The molecule has 0 bridgehead atoms. The average molecular weight is 456 g/mol. The molecule has 0 radical (unpaired) electrons. The van der Waals surface area contributed by atoms with Gasteiger partial charge in [-0.1, -0.05) is 30.3 Å². The molecular formula is C25H26FO5P. The minimum Gasteiger partial charge on any atom is -0.497 e. The number of methoxy groups -OCH3 is 1. The van der Waals surface area contributed by atoms with E-state index >= 15 is 0 Å². The topological polar surface area (TPSA) is 76.0 Å². The molecule has 168 valence electrons. The number of aryl methyl sites for hydroxylation is 1. The van der Waals surface area contributed by atoms with Gasteiger partial charge >= 0.3 is 0 Å². The summed E-state index contributed by atoms with van der Waals surface area (Å²) in [6, 6.07) is 17.5. The van der Waals surface area contributed by atoms with Crippen molar-refractivity contribution in [1.29, 1.82) is 0 Å². The van der Waals surface area contributed by atoms with E-state index in [1.165, 1.54) is 12.7 Å². The summed E-state index contributed by atoms with van der Waals surface area (Å²) in [5.74, 6) is 0.892. The SMILES string of the molecule is COc1ccc(F)c(-c2ccc3c(c2)CCC3Oc2cccc([C@H](O)CP(C)(=O)O)c2)c1. The highest BCUT2D eigenvalue weighted by Gasteiger charge is 2.25. The molecule has 3 aromatic rings. The lowest BCUT2D eigenvalue weighted by molar-refractivity contribution is 0.192. The van der Waals surface area contributed by atoms with E-state index < -0.39 is 13.5 Å². The Hall–Kier alpha value is -2.66. The molecule has 2 unspecified atom stereocenters. The highest BCUT2D eigenvalue weighted by Crippen LogP contribution is 2.41. The Morgan fingerprint density at radius 3 is 2.69 bits per heavy atom. The summed E-state index contributed by atoms with van der Waals surface area (Å²) in [4.78, 5) is 9.54. The first-order chi connectivity index (χ1) is 15.2. The number of halogens is 1. The maximum Gasteiger partial charge on any atom is 0.200 e. The molecular weight excluding hydrogens is 430 g/mol. The molecule has 1 aliphatic rings. The van der Waals surface area contributed by atoms with E-state index in [9.17, 15) is 19.0 Å². The molecule has 0 spiro atoms. The van der Waals surface area contributed by atoms with Crippen LogP contribution in [0.2, 0.25) is 0 Å². The van der Waals surface area contributed by atoms with Crippen molar-refractivity contribution in [2.75, 3.05) is 19.9 Å². The first-order valence-corrected chi connectivity index (χ1v) is 12.7. The molecule has 2 N–H and O–H groups in total. The Morgan fingerprint density at radius 1 is 1.12 bits per heavy atom. The first kappa shape index (κ1) is 22.5. The van der Waals surface area contributed by atoms with Crippen molar-refractivity contribution < 1.29 is 28.4 Å². The quantitative estimate of drug-likeness (QED) is 0.459. The zero-order valence-corrected chi connectivity index (χ0v) is 18.9. The standard InChI is InChI=1S/C25H26FO5P/c1-30-19-8-10-23(26)22(14-19)17-6-9-21-16(12-17)7-11-25(21)31-20-5-3-4-18(13-20)24(27)15-32(2,28)29/h3-6,8-10,12-14,24-25,27H,7,11,15H2,1-2H3,(H,28,29)/t24-,25?/m1/s1. The third-order valence-corrected chi connectivity index (χ3v) is 6.71. The van der Waals surface area contributed by atoms with Crippen LogP contribution in [0.25, 0.3) is 11.1 Å². The molecule has 1 aliphatic carbocycles. The van der Waals surface area contributed by atoms with Crippen LogP contribution in [0.4, 0.5) is 4.39 Å². The van der Waals surface area contributed by atoms with Crippen LogP contribution < -0.4 is 9.47 Å². The van der Waals surface area contributed by atoms with Crippen molar-refractivity contribution in [2.24, 2.45) is 0 Å². The van der Waals surface area contributed by atoms with Gasteiger partial charge in [0.25, 0.3) is 0 Å². The number of aliphatic hydroxyl groups is 1. The maximum atomic E-state index is 14.4. The number of hydrogen-bond donors (Lipinski definition) is 2. The molecule has 0 saturated heterocycles. The van der Waals surface area contributed by atoms with E-state index in [2.05, 4.69) is 0 Å². The summed E-state index contributed by atoms with van der Waals surface area (Å²) in [6.07, 6.45) is 0.206. The fourth-order valence-electron chi connectivity index (χ4n) is 4.11. The third kappa shape index (κ3) is 5.04. The Morgan fingerprint density at radius 2 is 1.94 bits per heavy atom. The van der Waals surface area contributed by atoms with Gasteiger partial charge < -0.3 is 19.5 Å². The van der Waals surface area contributed by atoms with Crippen LogP contribution in [0, 0.1) is 5.82 Å². The molecule has 3 aromatic carbocycles. The minimum atomic E-state index is -3.34. The van der Waals surface area contributed by atoms with Gasteiger partial charge in [0.1, 0.15) is 23.4 Å². The lowest BCUT2D eigenvalue weighted by Crippen LogP contribution is -2.06. The van der Waals surface area contributed by atoms with Gasteiger partial charge in [-0.25, -0.2) is 4.39 Å². The van der Waals surface area contributed by atoms with Gasteiger partial charge in [0.2, 0.25) is 7.37 Å². The van der Waals surface area contributed by atoms with E-state index in [0.29, 0.717) is 22.6 Å². The van der Waals surface area contributed by atoms with Gasteiger partial charge in [-0.05, 0) is 65.4 Å². The van der Waals surface area contributed by atoms with Crippen LogP contribution in [0.3, 0.4) is 0 Å². The number of benzene rings is 3. The van der Waals surface area contributed by atoms with E-state index in [-0.39, 0.29) is 18.1 Å². The molecule has 0 saturated carbocycles. The van der Waals surface area contributed by atoms with E-state index in [1.807, 2.05) is 18.2 Å². The largest absolute Gasteiger partial charge is 0.497 e. The monoisotopic (exact) mass is 456 g/mol. The lowest BCUT2D eigenvalue weighted by Gasteiger charge is -2.18.